The molecule has 0 saturated carbocycles. The number of methoxy groups -OCH3 is 1. The van der Waals surface area contributed by atoms with Crippen molar-refractivity contribution in [2.75, 3.05) is 26.9 Å². The van der Waals surface area contributed by atoms with Crippen LogP contribution in [0.2, 0.25) is 0 Å². The zero-order chi connectivity index (χ0) is 30.5. The van der Waals surface area contributed by atoms with E-state index in [-0.39, 0.29) is 11.1 Å². The Kier molecular flexibility index (Phi) is 8.91. The lowest BCUT2D eigenvalue weighted by Gasteiger charge is -2.23. The Hall–Kier alpha value is -4.90. The van der Waals surface area contributed by atoms with Crippen molar-refractivity contribution < 1.29 is 33.0 Å². The van der Waals surface area contributed by atoms with E-state index >= 15 is 0 Å². The molecule has 43 heavy (non-hydrogen) atoms. The van der Waals surface area contributed by atoms with Gasteiger partial charge in [0.2, 0.25) is 0 Å². The summed E-state index contributed by atoms with van der Waals surface area (Å²) in [7, 11) is 1.29. The Morgan fingerprint density at radius 3 is 2.40 bits per heavy atom. The molecule has 0 saturated heterocycles. The summed E-state index contributed by atoms with van der Waals surface area (Å²) in [5, 5.41) is 0. The van der Waals surface area contributed by atoms with Crippen LogP contribution in [0.5, 0.6) is 11.5 Å². The number of fused-ring (bicyclic) bond motifs is 1. The normalized spacial score (nSPS) is 14.4. The minimum absolute atomic E-state index is 0.208. The zero-order valence-electron chi connectivity index (χ0n) is 24.1. The van der Waals surface area contributed by atoms with Gasteiger partial charge in [0, 0.05) is 17.8 Å². The molecular weight excluding hydrogens is 572 g/mol. The van der Waals surface area contributed by atoms with Gasteiger partial charge >= 0.3 is 11.9 Å². The second-order valence-corrected chi connectivity index (χ2v) is 10.3. The summed E-state index contributed by atoms with van der Waals surface area (Å²) < 4.78 is 29.4. The summed E-state index contributed by atoms with van der Waals surface area (Å²) in [5.41, 5.74) is 1.71. The van der Waals surface area contributed by atoms with Crippen molar-refractivity contribution in [2.45, 2.75) is 26.8 Å². The maximum Gasteiger partial charge on any atom is 0.338 e. The van der Waals surface area contributed by atoms with Crippen LogP contribution in [0, 0.1) is 0 Å². The molecule has 0 unspecified atom stereocenters. The minimum atomic E-state index is -0.800. The number of aromatic nitrogens is 1. The van der Waals surface area contributed by atoms with Gasteiger partial charge in [-0.15, -0.1) is 0 Å². The SMILES string of the molecule is CCOC(=O)c1ccc(-c2ccc(/C=c3\sc4n(c3=O)[C@H](c3ccc(OCC)c(OCC)c3)C(C(=O)OC)=CN=4)o2)cc1. The monoisotopic (exact) mass is 602 g/mol. The Labute approximate surface area is 251 Å². The number of hydrogen-bond acceptors (Lipinski definition) is 10. The van der Waals surface area contributed by atoms with Crippen molar-refractivity contribution in [3.8, 4) is 22.8 Å². The molecule has 222 valence electrons. The highest BCUT2D eigenvalue weighted by Gasteiger charge is 2.31. The third kappa shape index (κ3) is 6.02. The molecule has 11 heteroatoms. The maximum absolute atomic E-state index is 13.8. The fourth-order valence-corrected chi connectivity index (χ4v) is 5.64. The summed E-state index contributed by atoms with van der Waals surface area (Å²) in [6, 6.07) is 14.9. The Bertz CT molecular complexity index is 1860. The highest BCUT2D eigenvalue weighted by Crippen LogP contribution is 2.35. The van der Waals surface area contributed by atoms with Gasteiger partial charge in [0.15, 0.2) is 16.3 Å². The standard InChI is InChI=1S/C32H30N2O8S/c1-5-39-25-14-12-21(16-26(25)40-6-2)28-23(31(37)38-4)18-33-32-34(28)29(35)27(43-32)17-22-13-15-24(42-22)19-8-10-20(11-9-19)30(36)41-7-3/h8-18,28H,5-7H2,1-4H3/b27-17-/t28-/m1/s1. The van der Waals surface area contributed by atoms with Gasteiger partial charge < -0.3 is 23.4 Å². The van der Waals surface area contributed by atoms with Crippen molar-refractivity contribution >= 4 is 29.4 Å². The van der Waals surface area contributed by atoms with Gasteiger partial charge in [-0.3, -0.25) is 9.36 Å². The highest BCUT2D eigenvalue weighted by atomic mass is 32.1. The van der Waals surface area contributed by atoms with Crippen LogP contribution in [0.3, 0.4) is 0 Å². The van der Waals surface area contributed by atoms with E-state index in [4.69, 9.17) is 23.4 Å². The molecule has 10 nitrogen and oxygen atoms in total. The molecule has 0 aliphatic carbocycles. The Balaban J connectivity index is 1.53. The predicted molar refractivity (Wildman–Crippen MR) is 160 cm³/mol. The fraction of sp³-hybridized carbons (Fsp3) is 0.250. The number of rotatable bonds is 10. The van der Waals surface area contributed by atoms with Gasteiger partial charge in [0.05, 0.1) is 48.6 Å². The molecular formula is C32H30N2O8S. The number of furan rings is 1. The van der Waals surface area contributed by atoms with E-state index in [0.717, 1.165) is 5.56 Å². The third-order valence-electron chi connectivity index (χ3n) is 6.59. The topological polar surface area (TPSA) is 119 Å². The van der Waals surface area contributed by atoms with Gasteiger partial charge in [-0.05, 0) is 62.7 Å². The number of nitrogens with zero attached hydrogens (tertiary/aromatic N) is 2. The first-order valence-corrected chi connectivity index (χ1v) is 14.6. The highest BCUT2D eigenvalue weighted by molar-refractivity contribution is 7.07. The van der Waals surface area contributed by atoms with E-state index in [1.165, 1.54) is 29.2 Å². The average Bonchev–Trinajstić information content (AvgIpc) is 3.62. The number of esters is 2. The van der Waals surface area contributed by atoms with Gasteiger partial charge in [-0.2, -0.15) is 0 Å². The number of benzene rings is 2. The van der Waals surface area contributed by atoms with Gasteiger partial charge in [0.25, 0.3) is 5.56 Å². The van der Waals surface area contributed by atoms with E-state index in [1.54, 1.807) is 67.6 Å². The molecule has 3 heterocycles. The first kappa shape index (κ1) is 29.6. The van der Waals surface area contributed by atoms with E-state index < -0.39 is 18.0 Å². The van der Waals surface area contributed by atoms with E-state index in [1.807, 2.05) is 13.8 Å². The molecule has 0 N–H and O–H groups in total. The largest absolute Gasteiger partial charge is 0.490 e. The lowest BCUT2D eigenvalue weighted by Crippen LogP contribution is -2.39. The molecule has 5 rings (SSSR count). The molecule has 1 aliphatic heterocycles. The fourth-order valence-electron chi connectivity index (χ4n) is 4.69. The number of carbonyl (C=O) groups excluding carboxylic acids is 2. The molecule has 0 amide bonds. The summed E-state index contributed by atoms with van der Waals surface area (Å²) in [5.74, 6) is 1.10. The van der Waals surface area contributed by atoms with Crippen molar-refractivity contribution in [3.63, 3.8) is 0 Å². The molecule has 2 aromatic heterocycles. The van der Waals surface area contributed by atoms with Gasteiger partial charge in [0.1, 0.15) is 11.5 Å². The number of carbonyl (C=O) groups is 2. The molecule has 0 radical (unpaired) electrons. The van der Waals surface area contributed by atoms with Crippen LogP contribution in [-0.4, -0.2) is 43.4 Å². The van der Waals surface area contributed by atoms with Crippen LogP contribution in [0.15, 0.2) is 80.6 Å². The van der Waals surface area contributed by atoms with Crippen LogP contribution >= 0.6 is 11.3 Å². The van der Waals surface area contributed by atoms with Crippen molar-refractivity contribution in [2.24, 2.45) is 4.99 Å². The maximum atomic E-state index is 13.8. The van der Waals surface area contributed by atoms with Crippen LogP contribution in [-0.2, 0) is 14.3 Å². The zero-order valence-corrected chi connectivity index (χ0v) is 24.9. The number of ether oxygens (including phenoxy) is 4. The first-order valence-electron chi connectivity index (χ1n) is 13.7. The lowest BCUT2D eigenvalue weighted by molar-refractivity contribution is -0.136. The van der Waals surface area contributed by atoms with E-state index in [0.29, 0.717) is 63.3 Å². The molecule has 0 bridgehead atoms. The predicted octanol–water partition coefficient (Wildman–Crippen LogP) is 4.25. The van der Waals surface area contributed by atoms with Crippen LogP contribution in [0.25, 0.3) is 17.4 Å². The van der Waals surface area contributed by atoms with Gasteiger partial charge in [-0.25, -0.2) is 14.6 Å². The smallest absolute Gasteiger partial charge is 0.338 e. The third-order valence-corrected chi connectivity index (χ3v) is 7.59. The van der Waals surface area contributed by atoms with Crippen LogP contribution in [0.1, 0.15) is 48.5 Å². The Morgan fingerprint density at radius 2 is 1.70 bits per heavy atom. The van der Waals surface area contributed by atoms with Crippen molar-refractivity contribution in [3.05, 3.63) is 103 Å². The van der Waals surface area contributed by atoms with E-state index in [9.17, 15) is 14.4 Å². The molecule has 1 aliphatic rings. The minimum Gasteiger partial charge on any atom is -0.490 e. The summed E-state index contributed by atoms with van der Waals surface area (Å²) >= 11 is 1.18. The van der Waals surface area contributed by atoms with Gasteiger partial charge in [-0.1, -0.05) is 29.5 Å². The molecule has 1 atom stereocenters. The summed E-state index contributed by atoms with van der Waals surface area (Å²) in [6.07, 6.45) is 3.08. The molecule has 4 aromatic rings. The number of hydrogen-bond donors (Lipinski definition) is 0. The number of thiazole rings is 1. The first-order chi connectivity index (χ1) is 20.9. The van der Waals surface area contributed by atoms with Crippen molar-refractivity contribution in [1.29, 1.82) is 0 Å². The summed E-state index contributed by atoms with van der Waals surface area (Å²) in [4.78, 5) is 43.4. The second kappa shape index (κ2) is 13.0. The second-order valence-electron chi connectivity index (χ2n) is 9.25. The van der Waals surface area contributed by atoms with Crippen LogP contribution < -0.4 is 24.4 Å². The summed E-state index contributed by atoms with van der Waals surface area (Å²) in [6.45, 7) is 6.66. The van der Waals surface area contributed by atoms with E-state index in [2.05, 4.69) is 4.99 Å². The Morgan fingerprint density at radius 1 is 0.953 bits per heavy atom. The van der Waals surface area contributed by atoms with Crippen molar-refractivity contribution in [1.82, 2.24) is 4.57 Å². The average molecular weight is 603 g/mol. The molecule has 0 spiro atoms. The van der Waals surface area contributed by atoms with Crippen LogP contribution in [0.4, 0.5) is 0 Å². The molecule has 0 fully saturated rings. The lowest BCUT2D eigenvalue weighted by atomic mass is 9.97. The molecule has 2 aromatic carbocycles. The quantitative estimate of drug-likeness (QED) is 0.247.